The number of esters is 1. The third-order valence-corrected chi connectivity index (χ3v) is 3.08. The smallest absolute Gasteiger partial charge is 0.307 e. The normalized spacial score (nSPS) is 10.3. The maximum atomic E-state index is 13.1. The Labute approximate surface area is 123 Å². The lowest BCUT2D eigenvalue weighted by atomic mass is 10.1. The van der Waals surface area contributed by atoms with E-state index < -0.39 is 0 Å². The Hall–Kier alpha value is -1.95. The molecule has 5 nitrogen and oxygen atoms in total. The van der Waals surface area contributed by atoms with Crippen LogP contribution >= 0.6 is 0 Å². The molecule has 0 fully saturated rings. The Kier molecular flexibility index (Phi) is 6.81. The molecule has 0 spiro atoms. The molecule has 116 valence electrons. The quantitative estimate of drug-likeness (QED) is 0.720. The summed E-state index contributed by atoms with van der Waals surface area (Å²) in [7, 11) is 2.83. The van der Waals surface area contributed by atoms with Crippen LogP contribution in [0.15, 0.2) is 18.2 Å². The average Bonchev–Trinajstić information content (AvgIpc) is 2.46. The third-order valence-electron chi connectivity index (χ3n) is 3.08. The first kappa shape index (κ1) is 17.1. The molecule has 0 saturated carbocycles. The number of rotatable bonds is 7. The number of nitrogens with zero attached hydrogens (tertiary/aromatic N) is 1. The number of ether oxygens (including phenoxy) is 2. The number of halogens is 1. The zero-order valence-corrected chi connectivity index (χ0v) is 12.5. The van der Waals surface area contributed by atoms with Crippen molar-refractivity contribution in [1.29, 1.82) is 0 Å². The number of aryl methyl sites for hydroxylation is 1. The van der Waals surface area contributed by atoms with Crippen LogP contribution in [0.3, 0.4) is 0 Å². The van der Waals surface area contributed by atoms with Crippen molar-refractivity contribution in [3.8, 4) is 0 Å². The molecule has 1 aromatic carbocycles. The zero-order valence-electron chi connectivity index (χ0n) is 12.5. The predicted molar refractivity (Wildman–Crippen MR) is 75.5 cm³/mol. The number of benzene rings is 1. The van der Waals surface area contributed by atoms with Gasteiger partial charge in [0.25, 0.3) is 5.91 Å². The van der Waals surface area contributed by atoms with Gasteiger partial charge in [-0.25, -0.2) is 4.39 Å². The molecule has 21 heavy (non-hydrogen) atoms. The van der Waals surface area contributed by atoms with Crippen LogP contribution < -0.4 is 0 Å². The largest absolute Gasteiger partial charge is 0.469 e. The van der Waals surface area contributed by atoms with Crippen molar-refractivity contribution in [3.63, 3.8) is 0 Å². The molecule has 0 N–H and O–H groups in total. The molecule has 1 rings (SSSR count). The fourth-order valence-corrected chi connectivity index (χ4v) is 1.88. The van der Waals surface area contributed by atoms with E-state index in [2.05, 4.69) is 4.74 Å². The van der Waals surface area contributed by atoms with Gasteiger partial charge >= 0.3 is 5.97 Å². The molecule has 0 aromatic heterocycles. The molecule has 0 aliphatic rings. The second-order valence-corrected chi connectivity index (χ2v) is 4.57. The molecule has 0 aliphatic heterocycles. The highest BCUT2D eigenvalue weighted by molar-refractivity contribution is 5.95. The number of amides is 1. The van der Waals surface area contributed by atoms with Gasteiger partial charge in [-0.05, 0) is 30.7 Å². The summed E-state index contributed by atoms with van der Waals surface area (Å²) in [6.07, 6.45) is 0.103. The summed E-state index contributed by atoms with van der Waals surface area (Å²) in [6.45, 7) is 2.60. The summed E-state index contributed by atoms with van der Waals surface area (Å²) in [4.78, 5) is 25.2. The van der Waals surface area contributed by atoms with Crippen LogP contribution in [0.4, 0.5) is 4.39 Å². The monoisotopic (exact) mass is 297 g/mol. The summed E-state index contributed by atoms with van der Waals surface area (Å²) in [5, 5.41) is 0. The standard InChI is InChI=1S/C15H20FNO4/c1-11-10-12(16)4-5-13(11)15(19)17(8-9-20-2)7-6-14(18)21-3/h4-5,10H,6-9H2,1-3H3. The molecule has 1 amide bonds. The summed E-state index contributed by atoms with van der Waals surface area (Å²) in [6, 6.07) is 4.00. The first-order valence-electron chi connectivity index (χ1n) is 6.60. The molecule has 0 radical (unpaired) electrons. The first-order chi connectivity index (χ1) is 9.99. The van der Waals surface area contributed by atoms with Crippen LogP contribution in [0.1, 0.15) is 22.3 Å². The van der Waals surface area contributed by atoms with Crippen LogP contribution in [0.5, 0.6) is 0 Å². The van der Waals surface area contributed by atoms with E-state index in [0.29, 0.717) is 24.3 Å². The second-order valence-electron chi connectivity index (χ2n) is 4.57. The number of hydrogen-bond acceptors (Lipinski definition) is 4. The first-order valence-corrected chi connectivity index (χ1v) is 6.60. The van der Waals surface area contributed by atoms with E-state index in [1.54, 1.807) is 6.92 Å². The van der Waals surface area contributed by atoms with Gasteiger partial charge in [-0.1, -0.05) is 0 Å². The Balaban J connectivity index is 2.85. The summed E-state index contributed by atoms with van der Waals surface area (Å²) in [5.74, 6) is -1.03. The lowest BCUT2D eigenvalue weighted by Gasteiger charge is -2.22. The number of carbonyl (C=O) groups is 2. The average molecular weight is 297 g/mol. The van der Waals surface area contributed by atoms with Crippen molar-refractivity contribution >= 4 is 11.9 Å². The fraction of sp³-hybridized carbons (Fsp3) is 0.467. The maximum absolute atomic E-state index is 13.1. The van der Waals surface area contributed by atoms with Crippen molar-refractivity contribution in [2.45, 2.75) is 13.3 Å². The van der Waals surface area contributed by atoms with E-state index in [1.165, 1.54) is 37.3 Å². The van der Waals surface area contributed by atoms with Gasteiger partial charge in [0, 0.05) is 25.8 Å². The number of methoxy groups -OCH3 is 2. The van der Waals surface area contributed by atoms with Gasteiger partial charge in [-0.2, -0.15) is 0 Å². The minimum absolute atomic E-state index is 0.103. The maximum Gasteiger partial charge on any atom is 0.307 e. The van der Waals surface area contributed by atoms with E-state index in [-0.39, 0.29) is 30.7 Å². The molecule has 0 heterocycles. The number of carbonyl (C=O) groups excluding carboxylic acids is 2. The minimum atomic E-state index is -0.388. The van der Waals surface area contributed by atoms with E-state index in [9.17, 15) is 14.0 Å². The minimum Gasteiger partial charge on any atom is -0.469 e. The molecule has 0 saturated heterocycles. The molecule has 0 bridgehead atoms. The van der Waals surface area contributed by atoms with Gasteiger partial charge in [0.05, 0.1) is 20.1 Å². The van der Waals surface area contributed by atoms with E-state index in [0.717, 1.165) is 0 Å². The van der Waals surface area contributed by atoms with Crippen LogP contribution in [0.25, 0.3) is 0 Å². The third kappa shape index (κ3) is 5.15. The van der Waals surface area contributed by atoms with Crippen molar-refractivity contribution in [2.24, 2.45) is 0 Å². The molecular weight excluding hydrogens is 277 g/mol. The summed E-state index contributed by atoms with van der Waals surface area (Å²) >= 11 is 0. The lowest BCUT2D eigenvalue weighted by molar-refractivity contribution is -0.140. The highest BCUT2D eigenvalue weighted by Crippen LogP contribution is 2.13. The van der Waals surface area contributed by atoms with Crippen LogP contribution in [-0.4, -0.2) is 50.7 Å². The Morgan fingerprint density at radius 1 is 1.24 bits per heavy atom. The van der Waals surface area contributed by atoms with Gasteiger partial charge < -0.3 is 14.4 Å². The highest BCUT2D eigenvalue weighted by atomic mass is 19.1. The van der Waals surface area contributed by atoms with Crippen molar-refractivity contribution < 1.29 is 23.5 Å². The Morgan fingerprint density at radius 2 is 1.95 bits per heavy atom. The SMILES string of the molecule is COCCN(CCC(=O)OC)C(=O)c1ccc(F)cc1C. The van der Waals surface area contributed by atoms with Gasteiger partial charge in [0.15, 0.2) is 0 Å². The fourth-order valence-electron chi connectivity index (χ4n) is 1.88. The Morgan fingerprint density at radius 3 is 2.52 bits per heavy atom. The van der Waals surface area contributed by atoms with E-state index in [4.69, 9.17) is 4.74 Å². The van der Waals surface area contributed by atoms with Crippen molar-refractivity contribution in [1.82, 2.24) is 4.90 Å². The van der Waals surface area contributed by atoms with E-state index in [1.807, 2.05) is 0 Å². The summed E-state index contributed by atoms with van der Waals surface area (Å²) in [5.41, 5.74) is 0.970. The Bertz CT molecular complexity index is 504. The predicted octanol–water partition coefficient (Wildman–Crippen LogP) is 1.79. The summed E-state index contributed by atoms with van der Waals surface area (Å²) < 4.78 is 22.7. The topological polar surface area (TPSA) is 55.8 Å². The zero-order chi connectivity index (χ0) is 15.8. The molecule has 1 aromatic rings. The van der Waals surface area contributed by atoms with Crippen LogP contribution in [0.2, 0.25) is 0 Å². The molecule has 0 aliphatic carbocycles. The molecule has 0 atom stereocenters. The van der Waals surface area contributed by atoms with Gasteiger partial charge in [0.2, 0.25) is 0 Å². The molecular formula is C15H20FNO4. The van der Waals surface area contributed by atoms with E-state index >= 15 is 0 Å². The van der Waals surface area contributed by atoms with Gasteiger partial charge in [0.1, 0.15) is 5.82 Å². The molecule has 6 heteroatoms. The second kappa shape index (κ2) is 8.36. The van der Waals surface area contributed by atoms with Crippen molar-refractivity contribution in [2.75, 3.05) is 33.9 Å². The molecule has 0 unspecified atom stereocenters. The lowest BCUT2D eigenvalue weighted by Crippen LogP contribution is -2.36. The van der Waals surface area contributed by atoms with Crippen molar-refractivity contribution in [3.05, 3.63) is 35.1 Å². The van der Waals surface area contributed by atoms with Gasteiger partial charge in [-0.15, -0.1) is 0 Å². The van der Waals surface area contributed by atoms with Gasteiger partial charge in [-0.3, -0.25) is 9.59 Å². The van der Waals surface area contributed by atoms with Crippen LogP contribution in [0, 0.1) is 12.7 Å². The number of hydrogen-bond donors (Lipinski definition) is 0. The van der Waals surface area contributed by atoms with Crippen LogP contribution in [-0.2, 0) is 14.3 Å². The highest BCUT2D eigenvalue weighted by Gasteiger charge is 2.18.